The van der Waals surface area contributed by atoms with Crippen molar-refractivity contribution in [2.24, 2.45) is 11.8 Å². The van der Waals surface area contributed by atoms with Gasteiger partial charge in [0, 0.05) is 11.6 Å². The highest BCUT2D eigenvalue weighted by molar-refractivity contribution is 5.58. The number of hydrogen-bond donors (Lipinski definition) is 1. The quantitative estimate of drug-likeness (QED) is 0.878. The van der Waals surface area contributed by atoms with Crippen molar-refractivity contribution in [1.29, 1.82) is 0 Å². The Kier molecular flexibility index (Phi) is 5.27. The molecule has 0 radical (unpaired) electrons. The summed E-state index contributed by atoms with van der Waals surface area (Å²) in [6.07, 6.45) is 9.52. The third-order valence-electron chi connectivity index (χ3n) is 5.31. The van der Waals surface area contributed by atoms with E-state index < -0.39 is 0 Å². The van der Waals surface area contributed by atoms with E-state index in [0.717, 1.165) is 23.1 Å². The van der Waals surface area contributed by atoms with Crippen LogP contribution in [0.25, 0.3) is 11.3 Å². The normalized spacial score (nSPS) is 21.3. The van der Waals surface area contributed by atoms with Crippen LogP contribution in [0.15, 0.2) is 41.2 Å². The Bertz CT molecular complexity index is 646. The Morgan fingerprint density at radius 3 is 2.30 bits per heavy atom. The predicted molar refractivity (Wildman–Crippen MR) is 94.4 cm³/mol. The Labute approximate surface area is 138 Å². The highest BCUT2D eigenvalue weighted by Crippen LogP contribution is 2.33. The summed E-state index contributed by atoms with van der Waals surface area (Å²) in [6, 6.07) is 11.9. The summed E-state index contributed by atoms with van der Waals surface area (Å²) in [4.78, 5) is 11.1. The maximum Gasteiger partial charge on any atom is 0.264 e. The SMILES string of the molecule is CC[C@H]1CC[C@H](CCc2ccc(-c3ccc(=O)[nH]n3)cc2)CC1. The number of aromatic nitrogens is 2. The molecule has 0 spiro atoms. The number of hydrogen-bond acceptors (Lipinski definition) is 2. The molecule has 1 saturated carbocycles. The van der Waals surface area contributed by atoms with Gasteiger partial charge in [0.2, 0.25) is 0 Å². The van der Waals surface area contributed by atoms with E-state index in [9.17, 15) is 4.79 Å². The molecule has 0 amide bonds. The van der Waals surface area contributed by atoms with Crippen LogP contribution in [-0.4, -0.2) is 10.2 Å². The first-order valence-corrected chi connectivity index (χ1v) is 8.89. The van der Waals surface area contributed by atoms with Crippen molar-refractivity contribution >= 4 is 0 Å². The molecule has 122 valence electrons. The Morgan fingerprint density at radius 2 is 1.70 bits per heavy atom. The molecule has 3 nitrogen and oxygen atoms in total. The molecule has 1 fully saturated rings. The van der Waals surface area contributed by atoms with Crippen molar-refractivity contribution in [3.8, 4) is 11.3 Å². The lowest BCUT2D eigenvalue weighted by Crippen LogP contribution is -2.14. The van der Waals surface area contributed by atoms with E-state index in [1.165, 1.54) is 56.6 Å². The molecule has 0 unspecified atom stereocenters. The van der Waals surface area contributed by atoms with Gasteiger partial charge in [-0.3, -0.25) is 4.79 Å². The molecule has 1 aliphatic carbocycles. The highest BCUT2D eigenvalue weighted by Gasteiger charge is 2.19. The molecule has 1 heterocycles. The molecule has 3 heteroatoms. The van der Waals surface area contributed by atoms with Crippen LogP contribution in [0.4, 0.5) is 0 Å². The fourth-order valence-electron chi connectivity index (χ4n) is 3.65. The molecule has 2 aromatic rings. The fraction of sp³-hybridized carbons (Fsp3) is 0.500. The first-order valence-electron chi connectivity index (χ1n) is 8.89. The molecule has 1 aromatic carbocycles. The van der Waals surface area contributed by atoms with Crippen molar-refractivity contribution < 1.29 is 0 Å². The predicted octanol–water partition coefficient (Wildman–Crippen LogP) is 4.59. The van der Waals surface area contributed by atoms with Crippen LogP contribution in [0.1, 0.15) is 51.0 Å². The second-order valence-corrected chi connectivity index (χ2v) is 6.84. The zero-order valence-electron chi connectivity index (χ0n) is 13.9. The molecule has 1 aliphatic rings. The van der Waals surface area contributed by atoms with E-state index >= 15 is 0 Å². The zero-order valence-corrected chi connectivity index (χ0v) is 13.9. The molecule has 3 rings (SSSR count). The van der Waals surface area contributed by atoms with Crippen molar-refractivity contribution in [3.05, 3.63) is 52.3 Å². The lowest BCUT2D eigenvalue weighted by Gasteiger charge is -2.27. The molecule has 0 bridgehead atoms. The number of nitrogens with one attached hydrogen (secondary N) is 1. The second kappa shape index (κ2) is 7.58. The van der Waals surface area contributed by atoms with Gasteiger partial charge < -0.3 is 0 Å². The highest BCUT2D eigenvalue weighted by atomic mass is 16.1. The zero-order chi connectivity index (χ0) is 16.1. The number of H-pyrrole nitrogens is 1. The fourth-order valence-corrected chi connectivity index (χ4v) is 3.65. The number of rotatable bonds is 5. The number of benzene rings is 1. The lowest BCUT2D eigenvalue weighted by molar-refractivity contribution is 0.259. The maximum atomic E-state index is 11.1. The molecular formula is C20H26N2O. The second-order valence-electron chi connectivity index (χ2n) is 6.84. The third-order valence-corrected chi connectivity index (χ3v) is 5.31. The lowest BCUT2D eigenvalue weighted by atomic mass is 9.78. The van der Waals surface area contributed by atoms with E-state index in [4.69, 9.17) is 0 Å². The van der Waals surface area contributed by atoms with E-state index in [-0.39, 0.29) is 5.56 Å². The van der Waals surface area contributed by atoms with Gasteiger partial charge in [0.05, 0.1) is 5.69 Å². The summed E-state index contributed by atoms with van der Waals surface area (Å²) in [6.45, 7) is 2.32. The summed E-state index contributed by atoms with van der Waals surface area (Å²) in [5, 5.41) is 6.56. The molecule has 0 aliphatic heterocycles. The summed E-state index contributed by atoms with van der Waals surface area (Å²) in [5.74, 6) is 1.90. The van der Waals surface area contributed by atoms with Gasteiger partial charge in [0.25, 0.3) is 5.56 Å². The first-order chi connectivity index (χ1) is 11.2. The smallest absolute Gasteiger partial charge is 0.264 e. The minimum Gasteiger partial charge on any atom is -0.268 e. The molecular weight excluding hydrogens is 284 g/mol. The Balaban J connectivity index is 1.54. The minimum absolute atomic E-state index is 0.164. The van der Waals surface area contributed by atoms with E-state index in [1.807, 2.05) is 0 Å². The van der Waals surface area contributed by atoms with Gasteiger partial charge in [0.15, 0.2) is 0 Å². The van der Waals surface area contributed by atoms with Crippen molar-refractivity contribution in [2.45, 2.75) is 51.9 Å². The molecule has 0 saturated heterocycles. The molecule has 1 N–H and O–H groups in total. The topological polar surface area (TPSA) is 45.8 Å². The number of nitrogens with zero attached hydrogens (tertiary/aromatic N) is 1. The van der Waals surface area contributed by atoms with Crippen LogP contribution >= 0.6 is 0 Å². The number of aromatic amines is 1. The largest absolute Gasteiger partial charge is 0.268 e. The monoisotopic (exact) mass is 310 g/mol. The average molecular weight is 310 g/mol. The molecule has 23 heavy (non-hydrogen) atoms. The van der Waals surface area contributed by atoms with Crippen molar-refractivity contribution in [2.75, 3.05) is 0 Å². The van der Waals surface area contributed by atoms with Gasteiger partial charge in [-0.1, -0.05) is 63.3 Å². The molecule has 1 aromatic heterocycles. The van der Waals surface area contributed by atoms with Crippen LogP contribution < -0.4 is 5.56 Å². The standard InChI is InChI=1S/C20H26N2O/c1-2-15-3-5-16(6-4-15)7-8-17-9-11-18(12-10-17)19-13-14-20(23)22-21-19/h9-16H,2-8H2,1H3,(H,22,23)/t15-,16-. The maximum absolute atomic E-state index is 11.1. The van der Waals surface area contributed by atoms with Crippen LogP contribution in [0.5, 0.6) is 0 Å². The van der Waals surface area contributed by atoms with E-state index in [0.29, 0.717) is 0 Å². The Hall–Kier alpha value is -1.90. The van der Waals surface area contributed by atoms with Gasteiger partial charge >= 0.3 is 0 Å². The van der Waals surface area contributed by atoms with Gasteiger partial charge in [0.1, 0.15) is 0 Å². The first kappa shape index (κ1) is 16.0. The van der Waals surface area contributed by atoms with Crippen molar-refractivity contribution in [1.82, 2.24) is 10.2 Å². The Morgan fingerprint density at radius 1 is 1.00 bits per heavy atom. The summed E-state index contributed by atoms with van der Waals surface area (Å²) >= 11 is 0. The van der Waals surface area contributed by atoms with Gasteiger partial charge in [-0.2, -0.15) is 5.10 Å². The van der Waals surface area contributed by atoms with Crippen LogP contribution in [0.2, 0.25) is 0 Å². The summed E-state index contributed by atoms with van der Waals surface area (Å²) in [7, 11) is 0. The van der Waals surface area contributed by atoms with E-state index in [2.05, 4.69) is 41.4 Å². The number of aryl methyl sites for hydroxylation is 1. The summed E-state index contributed by atoms with van der Waals surface area (Å²) < 4.78 is 0. The van der Waals surface area contributed by atoms with Gasteiger partial charge in [-0.15, -0.1) is 0 Å². The van der Waals surface area contributed by atoms with Crippen LogP contribution in [0.3, 0.4) is 0 Å². The van der Waals surface area contributed by atoms with Gasteiger partial charge in [-0.05, 0) is 36.3 Å². The summed E-state index contributed by atoms with van der Waals surface area (Å²) in [5.41, 5.74) is 3.10. The third kappa shape index (κ3) is 4.31. The van der Waals surface area contributed by atoms with Gasteiger partial charge in [-0.25, -0.2) is 5.10 Å². The average Bonchev–Trinajstić information content (AvgIpc) is 2.61. The van der Waals surface area contributed by atoms with Crippen LogP contribution in [0, 0.1) is 11.8 Å². The van der Waals surface area contributed by atoms with E-state index in [1.54, 1.807) is 6.07 Å². The van der Waals surface area contributed by atoms with Crippen molar-refractivity contribution in [3.63, 3.8) is 0 Å². The molecule has 0 atom stereocenters. The van der Waals surface area contributed by atoms with Crippen LogP contribution in [-0.2, 0) is 6.42 Å². The minimum atomic E-state index is -0.164.